The first-order chi connectivity index (χ1) is 13.4. The van der Waals surface area contributed by atoms with Gasteiger partial charge in [0, 0.05) is 18.8 Å². The Morgan fingerprint density at radius 2 is 1.82 bits per heavy atom. The summed E-state index contributed by atoms with van der Waals surface area (Å²) in [6.45, 7) is 4.07. The number of nitrogens with one attached hydrogen (secondary N) is 1. The fraction of sp³-hybridized carbons (Fsp3) is 0.350. The van der Waals surface area contributed by atoms with E-state index in [0.29, 0.717) is 43.3 Å². The second kappa shape index (κ2) is 8.62. The fourth-order valence-electron chi connectivity index (χ4n) is 3.05. The molecule has 1 fully saturated rings. The number of anilines is 1. The minimum absolute atomic E-state index is 0.0467. The lowest BCUT2D eigenvalue weighted by atomic mass is 10.1. The van der Waals surface area contributed by atoms with Crippen LogP contribution in [-0.4, -0.2) is 52.6 Å². The van der Waals surface area contributed by atoms with Gasteiger partial charge in [-0.15, -0.1) is 0 Å². The van der Waals surface area contributed by atoms with Gasteiger partial charge in [-0.2, -0.15) is 0 Å². The van der Waals surface area contributed by atoms with Crippen LogP contribution < -0.4 is 9.46 Å². The van der Waals surface area contributed by atoms with E-state index >= 15 is 0 Å². The van der Waals surface area contributed by atoms with Crippen LogP contribution in [-0.2, 0) is 26.0 Å². The quantitative estimate of drug-likeness (QED) is 0.798. The van der Waals surface area contributed by atoms with Crippen molar-refractivity contribution in [2.75, 3.05) is 38.1 Å². The maximum absolute atomic E-state index is 12.7. The van der Waals surface area contributed by atoms with E-state index in [1.54, 1.807) is 48.2 Å². The van der Waals surface area contributed by atoms with E-state index in [4.69, 9.17) is 9.47 Å². The first kappa shape index (κ1) is 20.2. The topological polar surface area (TPSA) is 84.9 Å². The molecular weight excluding hydrogens is 380 g/mol. The average molecular weight is 404 g/mol. The van der Waals surface area contributed by atoms with Crippen LogP contribution in [0.3, 0.4) is 0 Å². The van der Waals surface area contributed by atoms with Crippen molar-refractivity contribution in [1.82, 2.24) is 4.90 Å². The molecule has 2 aromatic carbocycles. The van der Waals surface area contributed by atoms with E-state index in [0.717, 1.165) is 5.56 Å². The number of rotatable bonds is 6. The van der Waals surface area contributed by atoms with Crippen molar-refractivity contribution < 1.29 is 22.7 Å². The summed E-state index contributed by atoms with van der Waals surface area (Å²) in [7, 11) is -2.18. The van der Waals surface area contributed by atoms with Gasteiger partial charge in [0.1, 0.15) is 5.75 Å². The SMILES string of the molecule is COc1ccc(S(=O)(=O)Nc2ccc(CC(=O)N3CCOCC3)cc2)c(C)c1. The van der Waals surface area contributed by atoms with Crippen LogP contribution in [0.25, 0.3) is 0 Å². The molecule has 150 valence electrons. The molecule has 0 atom stereocenters. The molecule has 1 saturated heterocycles. The second-order valence-corrected chi connectivity index (χ2v) is 8.25. The van der Waals surface area contributed by atoms with Crippen molar-refractivity contribution >= 4 is 21.6 Å². The Morgan fingerprint density at radius 3 is 2.43 bits per heavy atom. The zero-order chi connectivity index (χ0) is 20.1. The van der Waals surface area contributed by atoms with Gasteiger partial charge < -0.3 is 14.4 Å². The van der Waals surface area contributed by atoms with Crippen LogP contribution in [0.15, 0.2) is 47.4 Å². The molecule has 3 rings (SSSR count). The van der Waals surface area contributed by atoms with Crippen LogP contribution in [0.4, 0.5) is 5.69 Å². The predicted octanol–water partition coefficient (Wildman–Crippen LogP) is 2.21. The minimum atomic E-state index is -3.72. The minimum Gasteiger partial charge on any atom is -0.497 e. The van der Waals surface area contributed by atoms with Crippen molar-refractivity contribution in [2.45, 2.75) is 18.2 Å². The molecule has 0 aliphatic carbocycles. The number of carbonyl (C=O) groups is 1. The summed E-state index contributed by atoms with van der Waals surface area (Å²) in [5, 5.41) is 0. The van der Waals surface area contributed by atoms with Gasteiger partial charge in [-0.1, -0.05) is 12.1 Å². The van der Waals surface area contributed by atoms with Gasteiger partial charge in [0.25, 0.3) is 10.0 Å². The standard InChI is InChI=1S/C20H24N2O5S/c1-15-13-18(26-2)7-8-19(15)28(24,25)21-17-5-3-16(4-6-17)14-20(23)22-9-11-27-12-10-22/h3-8,13,21H,9-12,14H2,1-2H3. The number of nitrogens with zero attached hydrogens (tertiary/aromatic N) is 1. The number of carbonyl (C=O) groups excluding carboxylic acids is 1. The van der Waals surface area contributed by atoms with Crippen molar-refractivity contribution in [3.63, 3.8) is 0 Å². The van der Waals surface area contributed by atoms with Gasteiger partial charge in [-0.3, -0.25) is 9.52 Å². The number of sulfonamides is 1. The molecule has 7 nitrogen and oxygen atoms in total. The number of ether oxygens (including phenoxy) is 2. The Morgan fingerprint density at radius 1 is 1.14 bits per heavy atom. The number of methoxy groups -OCH3 is 1. The van der Waals surface area contributed by atoms with Gasteiger partial charge in [-0.05, 0) is 48.4 Å². The van der Waals surface area contributed by atoms with Crippen LogP contribution in [0, 0.1) is 6.92 Å². The summed E-state index contributed by atoms with van der Waals surface area (Å²) >= 11 is 0. The van der Waals surface area contributed by atoms with Crippen LogP contribution >= 0.6 is 0 Å². The fourth-order valence-corrected chi connectivity index (χ4v) is 4.34. The van der Waals surface area contributed by atoms with Crippen molar-refractivity contribution in [3.8, 4) is 5.75 Å². The molecule has 1 amide bonds. The molecular formula is C20H24N2O5S. The van der Waals surface area contributed by atoms with Crippen LogP contribution in [0.5, 0.6) is 5.75 Å². The number of aryl methyl sites for hydroxylation is 1. The molecule has 28 heavy (non-hydrogen) atoms. The molecule has 0 spiro atoms. The molecule has 0 saturated carbocycles. The molecule has 2 aromatic rings. The number of benzene rings is 2. The molecule has 1 aliphatic heterocycles. The van der Waals surface area contributed by atoms with Gasteiger partial charge in [0.2, 0.25) is 5.91 Å². The van der Waals surface area contributed by atoms with E-state index in [-0.39, 0.29) is 17.2 Å². The Kier molecular flexibility index (Phi) is 6.21. The van der Waals surface area contributed by atoms with Crippen LogP contribution in [0.2, 0.25) is 0 Å². The van der Waals surface area contributed by atoms with E-state index in [1.807, 2.05) is 0 Å². The summed E-state index contributed by atoms with van der Waals surface area (Å²) in [4.78, 5) is 14.3. The van der Waals surface area contributed by atoms with Gasteiger partial charge in [0.05, 0.1) is 31.6 Å². The Bertz CT molecular complexity index is 936. The van der Waals surface area contributed by atoms with E-state index in [9.17, 15) is 13.2 Å². The summed E-state index contributed by atoms with van der Waals surface area (Å²) in [5.41, 5.74) is 1.87. The summed E-state index contributed by atoms with van der Waals surface area (Å²) in [5.74, 6) is 0.649. The molecule has 8 heteroatoms. The Balaban J connectivity index is 1.67. The molecule has 1 N–H and O–H groups in total. The van der Waals surface area contributed by atoms with E-state index in [1.165, 1.54) is 13.2 Å². The van der Waals surface area contributed by atoms with Crippen molar-refractivity contribution in [1.29, 1.82) is 0 Å². The lowest BCUT2D eigenvalue weighted by molar-refractivity contribution is -0.134. The summed E-state index contributed by atoms with van der Waals surface area (Å²) < 4.78 is 38.3. The third kappa shape index (κ3) is 4.82. The summed E-state index contributed by atoms with van der Waals surface area (Å²) in [6.07, 6.45) is 0.282. The molecule has 0 bridgehead atoms. The first-order valence-corrected chi connectivity index (χ1v) is 10.5. The van der Waals surface area contributed by atoms with Crippen molar-refractivity contribution in [3.05, 3.63) is 53.6 Å². The number of amides is 1. The number of hydrogen-bond donors (Lipinski definition) is 1. The highest BCUT2D eigenvalue weighted by atomic mass is 32.2. The van der Waals surface area contributed by atoms with Gasteiger partial charge >= 0.3 is 0 Å². The molecule has 0 radical (unpaired) electrons. The molecule has 1 heterocycles. The zero-order valence-corrected chi connectivity index (χ0v) is 16.8. The van der Waals surface area contributed by atoms with E-state index < -0.39 is 10.0 Å². The molecule has 0 unspecified atom stereocenters. The maximum Gasteiger partial charge on any atom is 0.262 e. The lowest BCUT2D eigenvalue weighted by Gasteiger charge is -2.26. The second-order valence-electron chi connectivity index (χ2n) is 6.60. The third-order valence-electron chi connectivity index (χ3n) is 4.60. The smallest absolute Gasteiger partial charge is 0.262 e. The van der Waals surface area contributed by atoms with Gasteiger partial charge in [0.15, 0.2) is 0 Å². The lowest BCUT2D eigenvalue weighted by Crippen LogP contribution is -2.41. The highest BCUT2D eigenvalue weighted by Gasteiger charge is 2.19. The Hall–Kier alpha value is -2.58. The predicted molar refractivity (Wildman–Crippen MR) is 106 cm³/mol. The normalized spacial score (nSPS) is 14.6. The highest BCUT2D eigenvalue weighted by molar-refractivity contribution is 7.92. The van der Waals surface area contributed by atoms with Gasteiger partial charge in [-0.25, -0.2) is 8.42 Å². The third-order valence-corrected chi connectivity index (χ3v) is 6.14. The number of hydrogen-bond acceptors (Lipinski definition) is 5. The zero-order valence-electron chi connectivity index (χ0n) is 16.0. The summed E-state index contributed by atoms with van der Waals surface area (Å²) in [6, 6.07) is 11.7. The first-order valence-electron chi connectivity index (χ1n) is 9.01. The monoisotopic (exact) mass is 404 g/mol. The van der Waals surface area contributed by atoms with E-state index in [2.05, 4.69) is 4.72 Å². The molecule has 0 aromatic heterocycles. The number of morpholine rings is 1. The largest absolute Gasteiger partial charge is 0.497 e. The Labute approximate surface area is 165 Å². The molecule has 1 aliphatic rings. The maximum atomic E-state index is 12.7. The van der Waals surface area contributed by atoms with Crippen LogP contribution in [0.1, 0.15) is 11.1 Å². The average Bonchev–Trinajstić information content (AvgIpc) is 2.69. The highest BCUT2D eigenvalue weighted by Crippen LogP contribution is 2.23. The van der Waals surface area contributed by atoms with Crippen molar-refractivity contribution in [2.24, 2.45) is 0 Å².